The lowest BCUT2D eigenvalue weighted by Gasteiger charge is -2.35. The van der Waals surface area contributed by atoms with Crippen molar-refractivity contribution in [2.24, 2.45) is 0 Å². The predicted molar refractivity (Wildman–Crippen MR) is 85.9 cm³/mol. The van der Waals surface area contributed by atoms with Gasteiger partial charge in [0.05, 0.1) is 6.20 Å². The van der Waals surface area contributed by atoms with Crippen LogP contribution in [0.3, 0.4) is 0 Å². The number of rotatable bonds is 2. The standard InChI is InChI=1S/C18H16N4O/c23-18(10-19-11-18)16-9-22(21-20-16)17-14-7-3-1-5-12(14)13-6-2-4-8-15(13)17/h1-9,17,19,23H,10-11H2. The van der Waals surface area contributed by atoms with Crippen molar-refractivity contribution >= 4 is 0 Å². The van der Waals surface area contributed by atoms with Gasteiger partial charge in [-0.3, -0.25) is 0 Å². The molecule has 1 aliphatic heterocycles. The Morgan fingerprint density at radius 3 is 2.17 bits per heavy atom. The fourth-order valence-electron chi connectivity index (χ4n) is 3.57. The quantitative estimate of drug-likeness (QED) is 0.591. The summed E-state index contributed by atoms with van der Waals surface area (Å²) in [5.41, 5.74) is 4.70. The van der Waals surface area contributed by atoms with Crippen LogP contribution in [0.4, 0.5) is 0 Å². The van der Waals surface area contributed by atoms with E-state index >= 15 is 0 Å². The van der Waals surface area contributed by atoms with E-state index in [2.05, 4.69) is 64.2 Å². The van der Waals surface area contributed by atoms with Crippen molar-refractivity contribution in [1.29, 1.82) is 0 Å². The molecule has 1 aromatic heterocycles. The molecule has 5 rings (SSSR count). The summed E-state index contributed by atoms with van der Waals surface area (Å²) in [5.74, 6) is 0. The van der Waals surface area contributed by atoms with Gasteiger partial charge < -0.3 is 10.4 Å². The number of benzene rings is 2. The molecule has 0 radical (unpaired) electrons. The summed E-state index contributed by atoms with van der Waals surface area (Å²) in [7, 11) is 0. The molecule has 5 heteroatoms. The predicted octanol–water partition coefficient (Wildman–Crippen LogP) is 1.69. The molecule has 2 N–H and O–H groups in total. The molecule has 1 fully saturated rings. The third-order valence-corrected chi connectivity index (χ3v) is 4.89. The van der Waals surface area contributed by atoms with E-state index in [1.165, 1.54) is 22.3 Å². The van der Waals surface area contributed by atoms with Gasteiger partial charge in [-0.1, -0.05) is 53.7 Å². The van der Waals surface area contributed by atoms with E-state index in [-0.39, 0.29) is 6.04 Å². The fourth-order valence-corrected chi connectivity index (χ4v) is 3.57. The zero-order valence-corrected chi connectivity index (χ0v) is 12.5. The first-order chi connectivity index (χ1) is 11.3. The van der Waals surface area contributed by atoms with Crippen molar-refractivity contribution in [3.05, 3.63) is 71.5 Å². The van der Waals surface area contributed by atoms with Crippen LogP contribution in [0.5, 0.6) is 0 Å². The number of aromatic nitrogens is 3. The number of fused-ring (bicyclic) bond motifs is 3. The van der Waals surface area contributed by atoms with Crippen LogP contribution in [-0.4, -0.2) is 33.2 Å². The van der Waals surface area contributed by atoms with Gasteiger partial charge in [-0.05, 0) is 22.3 Å². The average Bonchev–Trinajstić information content (AvgIpc) is 3.15. The minimum atomic E-state index is -0.879. The van der Waals surface area contributed by atoms with E-state index in [1.54, 1.807) is 0 Å². The minimum Gasteiger partial charge on any atom is -0.381 e. The van der Waals surface area contributed by atoms with Gasteiger partial charge in [-0.25, -0.2) is 4.68 Å². The highest BCUT2D eigenvalue weighted by atomic mass is 16.3. The molecular weight excluding hydrogens is 288 g/mol. The van der Waals surface area contributed by atoms with Crippen LogP contribution >= 0.6 is 0 Å². The van der Waals surface area contributed by atoms with Crippen LogP contribution in [0.25, 0.3) is 11.1 Å². The number of aliphatic hydroxyl groups is 1. The molecule has 1 aliphatic carbocycles. The summed E-state index contributed by atoms with van der Waals surface area (Å²) in [6.45, 7) is 1.06. The Bertz CT molecular complexity index is 852. The first-order valence-corrected chi connectivity index (χ1v) is 7.80. The van der Waals surface area contributed by atoms with Crippen molar-refractivity contribution in [3.63, 3.8) is 0 Å². The van der Waals surface area contributed by atoms with Crippen molar-refractivity contribution < 1.29 is 5.11 Å². The Hall–Kier alpha value is -2.50. The summed E-state index contributed by atoms with van der Waals surface area (Å²) >= 11 is 0. The first-order valence-electron chi connectivity index (χ1n) is 7.80. The van der Waals surface area contributed by atoms with Crippen LogP contribution in [0.1, 0.15) is 22.9 Å². The molecule has 0 saturated carbocycles. The molecule has 1 saturated heterocycles. The number of hydrogen-bond acceptors (Lipinski definition) is 4. The third kappa shape index (κ3) is 1.75. The molecule has 0 spiro atoms. The molecule has 0 amide bonds. The zero-order chi connectivity index (χ0) is 15.4. The van der Waals surface area contributed by atoms with Gasteiger partial charge >= 0.3 is 0 Å². The second-order valence-corrected chi connectivity index (χ2v) is 6.30. The number of nitrogens with one attached hydrogen (secondary N) is 1. The van der Waals surface area contributed by atoms with Crippen LogP contribution in [-0.2, 0) is 5.60 Å². The van der Waals surface area contributed by atoms with Gasteiger partial charge in [-0.15, -0.1) is 5.10 Å². The lowest BCUT2D eigenvalue weighted by atomic mass is 9.94. The molecular formula is C18H16N4O. The van der Waals surface area contributed by atoms with Crippen LogP contribution in [0, 0.1) is 0 Å². The summed E-state index contributed by atoms with van der Waals surface area (Å²) in [6, 6.07) is 16.8. The topological polar surface area (TPSA) is 63.0 Å². The maximum atomic E-state index is 10.4. The highest BCUT2D eigenvalue weighted by molar-refractivity contribution is 5.78. The van der Waals surface area contributed by atoms with E-state index < -0.39 is 5.60 Å². The lowest BCUT2D eigenvalue weighted by molar-refractivity contribution is -0.0186. The normalized spacial score (nSPS) is 18.3. The van der Waals surface area contributed by atoms with Crippen LogP contribution < -0.4 is 5.32 Å². The lowest BCUT2D eigenvalue weighted by Crippen LogP contribution is -2.57. The minimum absolute atomic E-state index is 0.0142. The maximum absolute atomic E-state index is 10.4. The summed E-state index contributed by atoms with van der Waals surface area (Å²) in [5, 5.41) is 22.1. The van der Waals surface area contributed by atoms with E-state index in [1.807, 2.05) is 10.9 Å². The largest absolute Gasteiger partial charge is 0.381 e. The SMILES string of the molecule is OC1(c2cn(C3c4ccccc4-c4ccccc43)nn2)CNC1. The van der Waals surface area contributed by atoms with E-state index in [9.17, 15) is 5.11 Å². The molecule has 0 unspecified atom stereocenters. The average molecular weight is 304 g/mol. The smallest absolute Gasteiger partial charge is 0.135 e. The highest BCUT2D eigenvalue weighted by Gasteiger charge is 2.40. The van der Waals surface area contributed by atoms with Crippen LogP contribution in [0.2, 0.25) is 0 Å². The van der Waals surface area contributed by atoms with Crippen molar-refractivity contribution in [2.75, 3.05) is 13.1 Å². The number of hydrogen-bond donors (Lipinski definition) is 2. The summed E-state index contributed by atoms with van der Waals surface area (Å²) in [6.07, 6.45) is 1.88. The van der Waals surface area contributed by atoms with E-state index in [4.69, 9.17) is 0 Å². The van der Waals surface area contributed by atoms with Crippen LogP contribution in [0.15, 0.2) is 54.7 Å². The second-order valence-electron chi connectivity index (χ2n) is 6.30. The third-order valence-electron chi connectivity index (χ3n) is 4.89. The zero-order valence-electron chi connectivity index (χ0n) is 12.5. The summed E-state index contributed by atoms with van der Waals surface area (Å²) in [4.78, 5) is 0. The molecule has 114 valence electrons. The van der Waals surface area contributed by atoms with Gasteiger partial charge in [0.2, 0.25) is 0 Å². The first kappa shape index (κ1) is 13.0. The highest BCUT2D eigenvalue weighted by Crippen LogP contribution is 2.45. The van der Waals surface area contributed by atoms with Gasteiger partial charge in [0, 0.05) is 13.1 Å². The van der Waals surface area contributed by atoms with Gasteiger partial charge in [0.15, 0.2) is 0 Å². The van der Waals surface area contributed by atoms with Crippen molar-refractivity contribution in [3.8, 4) is 11.1 Å². The van der Waals surface area contributed by atoms with E-state index in [0.717, 1.165) is 0 Å². The molecule has 2 aromatic carbocycles. The number of β-amino-alcohol motifs (C(OH)–C–C–N with tert-alkyl or cyclic N) is 1. The Morgan fingerprint density at radius 2 is 1.61 bits per heavy atom. The second kappa shape index (κ2) is 4.50. The monoisotopic (exact) mass is 304 g/mol. The maximum Gasteiger partial charge on any atom is 0.135 e. The molecule has 0 bridgehead atoms. The fraction of sp³-hybridized carbons (Fsp3) is 0.222. The number of nitrogens with zero attached hydrogens (tertiary/aromatic N) is 3. The Labute approximate surface area is 133 Å². The van der Waals surface area contributed by atoms with Crippen molar-refractivity contribution in [1.82, 2.24) is 20.3 Å². The Morgan fingerprint density at radius 1 is 1.00 bits per heavy atom. The van der Waals surface area contributed by atoms with Gasteiger partial charge in [0.25, 0.3) is 0 Å². The molecule has 3 aromatic rings. The molecule has 2 aliphatic rings. The Kier molecular flexibility index (Phi) is 2.54. The van der Waals surface area contributed by atoms with Gasteiger partial charge in [-0.2, -0.15) is 0 Å². The Balaban J connectivity index is 1.66. The molecule has 2 heterocycles. The van der Waals surface area contributed by atoms with Gasteiger partial charge in [0.1, 0.15) is 17.3 Å². The molecule has 5 nitrogen and oxygen atoms in total. The molecule has 23 heavy (non-hydrogen) atoms. The summed E-state index contributed by atoms with van der Waals surface area (Å²) < 4.78 is 1.87. The molecule has 0 atom stereocenters. The van der Waals surface area contributed by atoms with E-state index in [0.29, 0.717) is 18.8 Å². The van der Waals surface area contributed by atoms with Crippen molar-refractivity contribution in [2.45, 2.75) is 11.6 Å².